The Bertz CT molecular complexity index is 1750. The maximum Gasteiger partial charge on any atom is 0.260 e. The van der Waals surface area contributed by atoms with E-state index < -0.39 is 5.91 Å². The van der Waals surface area contributed by atoms with Crippen molar-refractivity contribution in [3.63, 3.8) is 0 Å². The SMILES string of the molecule is COc1ccc(-c2c(O)c(C(=O)Nc3ccccc3OC)c(-c3ccc(OC)c(N)c3)c3ccccc23)cc1N. The van der Waals surface area contributed by atoms with Gasteiger partial charge in [-0.1, -0.05) is 48.5 Å². The molecular weight excluding hydrogens is 506 g/mol. The van der Waals surface area contributed by atoms with Crippen LogP contribution < -0.4 is 31.0 Å². The molecule has 0 saturated heterocycles. The molecule has 0 aliphatic rings. The van der Waals surface area contributed by atoms with E-state index in [-0.39, 0.29) is 11.3 Å². The number of carbonyl (C=O) groups excluding carboxylic acids is 1. The molecule has 1 amide bonds. The van der Waals surface area contributed by atoms with Crippen molar-refractivity contribution in [3.8, 4) is 45.3 Å². The predicted octanol–water partition coefficient (Wildman–Crippen LogP) is 6.32. The number of ether oxygens (including phenoxy) is 3. The molecule has 5 aromatic carbocycles. The van der Waals surface area contributed by atoms with Crippen molar-refractivity contribution in [2.45, 2.75) is 0 Å². The summed E-state index contributed by atoms with van der Waals surface area (Å²) >= 11 is 0. The predicted molar refractivity (Wildman–Crippen MR) is 159 cm³/mol. The molecule has 0 fully saturated rings. The molecule has 5 aromatic rings. The number of nitrogens with one attached hydrogen (secondary N) is 1. The van der Waals surface area contributed by atoms with Gasteiger partial charge in [0.25, 0.3) is 5.91 Å². The molecule has 0 radical (unpaired) electrons. The molecule has 0 spiro atoms. The van der Waals surface area contributed by atoms with Gasteiger partial charge in [0, 0.05) is 11.1 Å². The van der Waals surface area contributed by atoms with Crippen molar-refractivity contribution in [2.24, 2.45) is 0 Å². The summed E-state index contributed by atoms with van der Waals surface area (Å²) < 4.78 is 16.1. The Kier molecular flexibility index (Phi) is 7.07. The number of carbonyl (C=O) groups is 1. The maximum absolute atomic E-state index is 14.1. The van der Waals surface area contributed by atoms with Gasteiger partial charge in [-0.15, -0.1) is 0 Å². The number of amides is 1. The smallest absolute Gasteiger partial charge is 0.260 e. The minimum absolute atomic E-state index is 0.0681. The average molecular weight is 536 g/mol. The van der Waals surface area contributed by atoms with Crippen molar-refractivity contribution >= 4 is 33.7 Å². The summed E-state index contributed by atoms with van der Waals surface area (Å²) in [5.41, 5.74) is 16.1. The van der Waals surface area contributed by atoms with E-state index >= 15 is 0 Å². The molecule has 0 aliphatic carbocycles. The molecule has 8 nitrogen and oxygen atoms in total. The number of anilines is 3. The Labute approximate surface area is 231 Å². The van der Waals surface area contributed by atoms with E-state index in [0.717, 1.165) is 10.8 Å². The number of nitrogen functional groups attached to an aromatic ring is 2. The van der Waals surface area contributed by atoms with Crippen LogP contribution in [-0.2, 0) is 0 Å². The lowest BCUT2D eigenvalue weighted by atomic mass is 9.86. The van der Waals surface area contributed by atoms with Gasteiger partial charge in [0.05, 0.1) is 44.0 Å². The first-order valence-corrected chi connectivity index (χ1v) is 12.5. The quantitative estimate of drug-likeness (QED) is 0.179. The average Bonchev–Trinajstić information content (AvgIpc) is 2.96. The van der Waals surface area contributed by atoms with Crippen molar-refractivity contribution in [1.82, 2.24) is 0 Å². The number of phenols is 1. The standard InChI is InChI=1S/C32H29N3O5/c1-38-25-14-12-18(16-22(25)33)28-20-8-4-5-9-21(20)29(19-13-15-26(39-2)23(34)17-19)31(36)30(28)32(37)35-24-10-6-7-11-27(24)40-3/h4-17,36H,33-34H2,1-3H3,(H,35,37). The fourth-order valence-electron chi connectivity index (χ4n) is 4.95. The van der Waals surface area contributed by atoms with Crippen LogP contribution in [0.4, 0.5) is 17.1 Å². The van der Waals surface area contributed by atoms with E-state index in [1.165, 1.54) is 21.3 Å². The maximum atomic E-state index is 14.1. The molecule has 202 valence electrons. The zero-order chi connectivity index (χ0) is 28.4. The molecule has 0 heterocycles. The minimum atomic E-state index is -0.528. The Morgan fingerprint density at radius 3 is 1.73 bits per heavy atom. The molecule has 0 bridgehead atoms. The largest absolute Gasteiger partial charge is 0.506 e. The van der Waals surface area contributed by atoms with E-state index in [9.17, 15) is 9.90 Å². The number of hydrogen-bond acceptors (Lipinski definition) is 7. The third kappa shape index (κ3) is 4.56. The summed E-state index contributed by atoms with van der Waals surface area (Å²) in [5, 5.41) is 16.3. The van der Waals surface area contributed by atoms with Crippen LogP contribution in [0.1, 0.15) is 10.4 Å². The number of benzene rings is 5. The first-order chi connectivity index (χ1) is 19.4. The van der Waals surface area contributed by atoms with Crippen LogP contribution >= 0.6 is 0 Å². The third-order valence-electron chi connectivity index (χ3n) is 6.81. The van der Waals surface area contributed by atoms with E-state index in [4.69, 9.17) is 25.7 Å². The molecule has 0 unspecified atom stereocenters. The molecule has 0 aromatic heterocycles. The van der Waals surface area contributed by atoms with Crippen molar-refractivity contribution < 1.29 is 24.1 Å². The second kappa shape index (κ2) is 10.8. The summed E-state index contributed by atoms with van der Waals surface area (Å²) in [6.45, 7) is 0. The summed E-state index contributed by atoms with van der Waals surface area (Å²) in [6.07, 6.45) is 0. The third-order valence-corrected chi connectivity index (χ3v) is 6.81. The van der Waals surface area contributed by atoms with Crippen LogP contribution in [0.25, 0.3) is 33.0 Å². The number of methoxy groups -OCH3 is 3. The molecule has 0 atom stereocenters. The fourth-order valence-corrected chi connectivity index (χ4v) is 4.95. The zero-order valence-corrected chi connectivity index (χ0v) is 22.3. The molecular formula is C32H29N3O5. The van der Waals surface area contributed by atoms with Gasteiger partial charge in [-0.2, -0.15) is 0 Å². The van der Waals surface area contributed by atoms with Crippen LogP contribution in [0, 0.1) is 0 Å². The van der Waals surface area contributed by atoms with E-state index in [1.807, 2.05) is 24.3 Å². The number of para-hydroxylation sites is 2. The number of fused-ring (bicyclic) bond motifs is 1. The minimum Gasteiger partial charge on any atom is -0.506 e. The van der Waals surface area contributed by atoms with Gasteiger partial charge < -0.3 is 36.1 Å². The number of nitrogens with two attached hydrogens (primary N) is 2. The van der Waals surface area contributed by atoms with E-state index in [2.05, 4.69) is 5.32 Å². The highest BCUT2D eigenvalue weighted by Crippen LogP contribution is 2.47. The van der Waals surface area contributed by atoms with Crippen LogP contribution in [-0.4, -0.2) is 32.3 Å². The number of rotatable bonds is 7. The molecule has 6 N–H and O–H groups in total. The van der Waals surface area contributed by atoms with Gasteiger partial charge in [0.1, 0.15) is 23.0 Å². The number of hydrogen-bond donors (Lipinski definition) is 4. The van der Waals surface area contributed by atoms with Gasteiger partial charge in [-0.05, 0) is 58.3 Å². The highest BCUT2D eigenvalue weighted by atomic mass is 16.5. The van der Waals surface area contributed by atoms with Gasteiger partial charge in [-0.25, -0.2) is 0 Å². The Morgan fingerprint density at radius 2 is 1.18 bits per heavy atom. The van der Waals surface area contributed by atoms with Gasteiger partial charge in [0.2, 0.25) is 0 Å². The highest BCUT2D eigenvalue weighted by molar-refractivity contribution is 6.20. The Balaban J connectivity index is 1.84. The van der Waals surface area contributed by atoms with Gasteiger partial charge in [-0.3, -0.25) is 4.79 Å². The van der Waals surface area contributed by atoms with Crippen LogP contribution in [0.5, 0.6) is 23.0 Å². The summed E-state index contributed by atoms with van der Waals surface area (Å²) in [5.74, 6) is 0.754. The molecule has 0 aliphatic heterocycles. The molecule has 40 heavy (non-hydrogen) atoms. The Morgan fingerprint density at radius 1 is 0.675 bits per heavy atom. The zero-order valence-electron chi connectivity index (χ0n) is 22.3. The molecule has 0 saturated carbocycles. The van der Waals surface area contributed by atoms with Crippen molar-refractivity contribution in [2.75, 3.05) is 38.1 Å². The van der Waals surface area contributed by atoms with Crippen LogP contribution in [0.2, 0.25) is 0 Å². The second-order valence-corrected chi connectivity index (χ2v) is 9.09. The summed E-state index contributed by atoms with van der Waals surface area (Å²) in [7, 11) is 4.60. The second-order valence-electron chi connectivity index (χ2n) is 9.09. The molecule has 8 heteroatoms. The van der Waals surface area contributed by atoms with E-state index in [1.54, 1.807) is 60.7 Å². The lowest BCUT2D eigenvalue weighted by Gasteiger charge is -2.21. The normalized spacial score (nSPS) is 10.8. The lowest BCUT2D eigenvalue weighted by Crippen LogP contribution is -2.15. The van der Waals surface area contributed by atoms with Gasteiger partial charge in [0.15, 0.2) is 0 Å². The number of phenolic OH excluding ortho intramolecular Hbond substituents is 1. The summed E-state index contributed by atoms with van der Waals surface area (Å²) in [4.78, 5) is 14.1. The van der Waals surface area contributed by atoms with Crippen LogP contribution in [0.15, 0.2) is 84.9 Å². The van der Waals surface area contributed by atoms with Crippen LogP contribution in [0.3, 0.4) is 0 Å². The monoisotopic (exact) mass is 535 g/mol. The Hall–Kier alpha value is -5.37. The van der Waals surface area contributed by atoms with Gasteiger partial charge >= 0.3 is 0 Å². The summed E-state index contributed by atoms with van der Waals surface area (Å²) in [6, 6.07) is 25.1. The topological polar surface area (TPSA) is 129 Å². The van der Waals surface area contributed by atoms with E-state index in [0.29, 0.717) is 56.6 Å². The lowest BCUT2D eigenvalue weighted by molar-refractivity contribution is 0.102. The first kappa shape index (κ1) is 26.2. The first-order valence-electron chi connectivity index (χ1n) is 12.5. The molecule has 5 rings (SSSR count). The van der Waals surface area contributed by atoms with Crippen molar-refractivity contribution in [3.05, 3.63) is 90.5 Å². The van der Waals surface area contributed by atoms with Crippen molar-refractivity contribution in [1.29, 1.82) is 0 Å². The fraction of sp³-hybridized carbons (Fsp3) is 0.0938. The highest BCUT2D eigenvalue weighted by Gasteiger charge is 2.27. The number of aromatic hydroxyl groups is 1.